The third kappa shape index (κ3) is 3.00. The molecule has 0 atom stereocenters. The highest BCUT2D eigenvalue weighted by Crippen LogP contribution is 2.41. The number of hydrogen-bond donors (Lipinski definition) is 1. The van der Waals surface area contributed by atoms with Crippen molar-refractivity contribution in [3.05, 3.63) is 29.8 Å². The molecule has 4 nitrogen and oxygen atoms in total. The zero-order chi connectivity index (χ0) is 17.6. The van der Waals surface area contributed by atoms with Gasteiger partial charge in [-0.05, 0) is 58.0 Å². The Hall–Kier alpha value is -1.33. The molecule has 2 aliphatic rings. The highest BCUT2D eigenvalue weighted by atomic mass is 16.7. The highest BCUT2D eigenvalue weighted by molar-refractivity contribution is 6.62. The summed E-state index contributed by atoms with van der Waals surface area (Å²) in [5, 5.41) is 0. The topological polar surface area (TPSA) is 61.5 Å². The van der Waals surface area contributed by atoms with Gasteiger partial charge in [-0.3, -0.25) is 4.79 Å². The SMILES string of the molecule is CC1(C)OB(c2cccc(CC3(C(N)=O)CCCC3)c2)OC1(C)C. The van der Waals surface area contributed by atoms with Gasteiger partial charge in [-0.2, -0.15) is 0 Å². The zero-order valence-electron chi connectivity index (χ0n) is 15.2. The summed E-state index contributed by atoms with van der Waals surface area (Å²) in [5.74, 6) is -0.166. The van der Waals surface area contributed by atoms with Gasteiger partial charge in [0, 0.05) is 0 Å². The second-order valence-electron chi connectivity index (χ2n) is 8.36. The van der Waals surface area contributed by atoms with Crippen LogP contribution in [0.15, 0.2) is 24.3 Å². The lowest BCUT2D eigenvalue weighted by Crippen LogP contribution is -2.41. The summed E-state index contributed by atoms with van der Waals surface area (Å²) in [7, 11) is -0.372. The normalized spacial score (nSPS) is 24.2. The zero-order valence-corrected chi connectivity index (χ0v) is 15.2. The molecule has 3 rings (SSSR count). The van der Waals surface area contributed by atoms with Gasteiger partial charge in [0.25, 0.3) is 0 Å². The fourth-order valence-corrected chi connectivity index (χ4v) is 3.78. The van der Waals surface area contributed by atoms with Crippen LogP contribution >= 0.6 is 0 Å². The van der Waals surface area contributed by atoms with E-state index in [0.29, 0.717) is 6.42 Å². The van der Waals surface area contributed by atoms with E-state index in [0.717, 1.165) is 36.7 Å². The van der Waals surface area contributed by atoms with Gasteiger partial charge in [0.2, 0.25) is 5.91 Å². The Labute approximate surface area is 145 Å². The first-order chi connectivity index (χ1) is 11.2. The maximum Gasteiger partial charge on any atom is 0.494 e. The van der Waals surface area contributed by atoms with Crippen LogP contribution in [0.1, 0.15) is 58.9 Å². The number of primary amides is 1. The molecule has 0 bridgehead atoms. The standard InChI is InChI=1S/C19H28BNO3/c1-17(2)18(3,4)24-20(23-17)15-9-7-8-14(12-15)13-19(16(21)22)10-5-6-11-19/h7-9,12H,5-6,10-11,13H2,1-4H3,(H2,21,22). The van der Waals surface area contributed by atoms with Crippen LogP contribution < -0.4 is 11.2 Å². The molecule has 1 amide bonds. The second-order valence-corrected chi connectivity index (χ2v) is 8.36. The Balaban J connectivity index is 1.82. The molecule has 1 heterocycles. The van der Waals surface area contributed by atoms with E-state index in [1.807, 2.05) is 12.1 Å². The first-order valence-electron chi connectivity index (χ1n) is 8.90. The lowest BCUT2D eigenvalue weighted by atomic mass is 9.75. The number of benzene rings is 1. The molecule has 1 saturated heterocycles. The van der Waals surface area contributed by atoms with Gasteiger partial charge in [0.15, 0.2) is 0 Å². The van der Waals surface area contributed by atoms with Crippen molar-refractivity contribution < 1.29 is 14.1 Å². The summed E-state index contributed by atoms with van der Waals surface area (Å²) in [4.78, 5) is 12.0. The van der Waals surface area contributed by atoms with Crippen LogP contribution in [-0.4, -0.2) is 24.2 Å². The van der Waals surface area contributed by atoms with Crippen molar-refractivity contribution in [2.24, 2.45) is 11.1 Å². The van der Waals surface area contributed by atoms with Crippen LogP contribution in [0, 0.1) is 5.41 Å². The third-order valence-electron chi connectivity index (χ3n) is 6.10. The Morgan fingerprint density at radius 3 is 2.25 bits per heavy atom. The molecule has 0 spiro atoms. The maximum atomic E-state index is 12.0. The van der Waals surface area contributed by atoms with Gasteiger partial charge < -0.3 is 15.0 Å². The quantitative estimate of drug-likeness (QED) is 0.864. The largest absolute Gasteiger partial charge is 0.494 e. The summed E-state index contributed by atoms with van der Waals surface area (Å²) in [5.41, 5.74) is 6.77. The van der Waals surface area contributed by atoms with Crippen molar-refractivity contribution in [3.8, 4) is 0 Å². The highest BCUT2D eigenvalue weighted by Gasteiger charge is 2.51. The molecule has 2 N–H and O–H groups in total. The van der Waals surface area contributed by atoms with Crippen LogP contribution in [0.3, 0.4) is 0 Å². The van der Waals surface area contributed by atoms with Crippen LogP contribution in [0.2, 0.25) is 0 Å². The monoisotopic (exact) mass is 329 g/mol. The van der Waals surface area contributed by atoms with E-state index in [2.05, 4.69) is 39.8 Å². The summed E-state index contributed by atoms with van der Waals surface area (Å²) in [6.07, 6.45) is 4.65. The number of nitrogens with two attached hydrogens (primary N) is 1. The molecule has 2 fully saturated rings. The van der Waals surface area contributed by atoms with E-state index in [9.17, 15) is 4.79 Å². The van der Waals surface area contributed by atoms with Crippen LogP contribution in [0.25, 0.3) is 0 Å². The first kappa shape index (κ1) is 17.5. The van der Waals surface area contributed by atoms with Crippen LogP contribution in [0.4, 0.5) is 0 Å². The Morgan fingerprint density at radius 1 is 1.12 bits per heavy atom. The molecule has 24 heavy (non-hydrogen) atoms. The Bertz CT molecular complexity index is 619. The number of amides is 1. The molecular formula is C19H28BNO3. The van der Waals surface area contributed by atoms with Crippen molar-refractivity contribution in [1.82, 2.24) is 0 Å². The fraction of sp³-hybridized carbons (Fsp3) is 0.632. The molecule has 5 heteroatoms. The van der Waals surface area contributed by atoms with Gasteiger partial charge in [-0.25, -0.2) is 0 Å². The lowest BCUT2D eigenvalue weighted by Gasteiger charge is -2.32. The molecule has 0 unspecified atom stereocenters. The van der Waals surface area contributed by atoms with Gasteiger partial charge in [0.05, 0.1) is 16.6 Å². The minimum Gasteiger partial charge on any atom is -0.399 e. The minimum atomic E-state index is -0.380. The Kier molecular flexibility index (Phi) is 4.29. The van der Waals surface area contributed by atoms with E-state index in [1.54, 1.807) is 0 Å². The molecule has 0 radical (unpaired) electrons. The molecule has 1 aromatic carbocycles. The van der Waals surface area contributed by atoms with E-state index in [4.69, 9.17) is 15.0 Å². The van der Waals surface area contributed by atoms with Crippen LogP contribution in [-0.2, 0) is 20.5 Å². The smallest absolute Gasteiger partial charge is 0.399 e. The molecule has 1 aliphatic carbocycles. The molecule has 1 aromatic rings. The molecule has 1 aliphatic heterocycles. The van der Waals surface area contributed by atoms with Crippen molar-refractivity contribution in [2.75, 3.05) is 0 Å². The average molecular weight is 329 g/mol. The van der Waals surface area contributed by atoms with E-state index in [1.165, 1.54) is 0 Å². The molecule has 130 valence electrons. The third-order valence-corrected chi connectivity index (χ3v) is 6.10. The lowest BCUT2D eigenvalue weighted by molar-refractivity contribution is -0.127. The fourth-order valence-electron chi connectivity index (χ4n) is 3.78. The van der Waals surface area contributed by atoms with Gasteiger partial charge in [-0.1, -0.05) is 37.1 Å². The number of hydrogen-bond acceptors (Lipinski definition) is 3. The minimum absolute atomic E-state index is 0.166. The molecule has 0 aromatic heterocycles. The second kappa shape index (κ2) is 5.89. The molecule has 1 saturated carbocycles. The average Bonchev–Trinajstić information content (AvgIpc) is 3.03. The summed E-state index contributed by atoms with van der Waals surface area (Å²) < 4.78 is 12.3. The van der Waals surface area contributed by atoms with Gasteiger partial charge >= 0.3 is 7.12 Å². The summed E-state index contributed by atoms with van der Waals surface area (Å²) >= 11 is 0. The van der Waals surface area contributed by atoms with Crippen molar-refractivity contribution >= 4 is 18.5 Å². The van der Waals surface area contributed by atoms with E-state index < -0.39 is 0 Å². The van der Waals surface area contributed by atoms with Gasteiger partial charge in [0.1, 0.15) is 0 Å². The van der Waals surface area contributed by atoms with Crippen LogP contribution in [0.5, 0.6) is 0 Å². The van der Waals surface area contributed by atoms with E-state index >= 15 is 0 Å². The van der Waals surface area contributed by atoms with E-state index in [-0.39, 0.29) is 29.6 Å². The number of rotatable bonds is 4. The van der Waals surface area contributed by atoms with Crippen molar-refractivity contribution in [1.29, 1.82) is 0 Å². The maximum absolute atomic E-state index is 12.0. The predicted molar refractivity (Wildman–Crippen MR) is 96.0 cm³/mol. The van der Waals surface area contributed by atoms with Crippen molar-refractivity contribution in [3.63, 3.8) is 0 Å². The number of carbonyl (C=O) groups excluding carboxylic acids is 1. The predicted octanol–water partition coefficient (Wildman–Crippen LogP) is 2.57. The molecular weight excluding hydrogens is 301 g/mol. The number of carbonyl (C=O) groups is 1. The van der Waals surface area contributed by atoms with Crippen molar-refractivity contribution in [2.45, 2.75) is 71.0 Å². The Morgan fingerprint density at radius 2 is 1.71 bits per heavy atom. The first-order valence-corrected chi connectivity index (χ1v) is 8.90. The summed E-state index contributed by atoms with van der Waals surface area (Å²) in [6, 6.07) is 8.21. The van der Waals surface area contributed by atoms with Gasteiger partial charge in [-0.15, -0.1) is 0 Å². The summed E-state index contributed by atoms with van der Waals surface area (Å²) in [6.45, 7) is 8.21.